The molecule has 1 fully saturated rings. The maximum Gasteiger partial charge on any atom is 0.229 e. The highest BCUT2D eigenvalue weighted by Crippen LogP contribution is 2.29. The number of likely N-dealkylation sites (N-methyl/N-ethyl adjacent to an activating group) is 1. The molecule has 3 rings (SSSR count). The molecule has 2 N–H and O–H groups in total. The fraction of sp³-hybridized carbons (Fsp3) is 0.588. The number of nitrogens with one attached hydrogen (secondary N) is 1. The molecule has 1 amide bonds. The third-order valence-electron chi connectivity index (χ3n) is 4.70. The van der Waals surface area contributed by atoms with Gasteiger partial charge in [0.25, 0.3) is 0 Å². The third-order valence-corrected chi connectivity index (χ3v) is 4.70. The van der Waals surface area contributed by atoms with Gasteiger partial charge in [-0.2, -0.15) is 0 Å². The summed E-state index contributed by atoms with van der Waals surface area (Å²) >= 11 is 0. The van der Waals surface area contributed by atoms with E-state index in [1.165, 1.54) is 30.8 Å². The van der Waals surface area contributed by atoms with Gasteiger partial charge >= 0.3 is 0 Å². The second-order valence-corrected chi connectivity index (χ2v) is 6.30. The molecule has 5 heteroatoms. The highest BCUT2D eigenvalue weighted by atomic mass is 16.3. The van der Waals surface area contributed by atoms with Gasteiger partial charge in [-0.15, -0.1) is 0 Å². The number of hydrogen-bond acceptors (Lipinski definition) is 4. The molecule has 0 saturated carbocycles. The van der Waals surface area contributed by atoms with E-state index in [0.717, 1.165) is 36.3 Å². The minimum atomic E-state index is -0.819. The van der Waals surface area contributed by atoms with Gasteiger partial charge < -0.3 is 20.2 Å². The lowest BCUT2D eigenvalue weighted by Gasteiger charge is -2.31. The Labute approximate surface area is 131 Å². The lowest BCUT2D eigenvalue weighted by molar-refractivity contribution is -0.140. The topological polar surface area (TPSA) is 55.8 Å². The first-order valence-electron chi connectivity index (χ1n) is 8.18. The van der Waals surface area contributed by atoms with Crippen LogP contribution in [0.2, 0.25) is 0 Å². The van der Waals surface area contributed by atoms with Crippen LogP contribution in [0.1, 0.15) is 36.6 Å². The number of benzene rings is 1. The third kappa shape index (κ3) is 3.25. The molecule has 2 aliphatic rings. The van der Waals surface area contributed by atoms with Gasteiger partial charge in [0.1, 0.15) is 0 Å². The predicted octanol–water partition coefficient (Wildman–Crippen LogP) is 1.59. The lowest BCUT2D eigenvalue weighted by atomic mass is 9.97. The Bertz CT molecular complexity index is 541. The van der Waals surface area contributed by atoms with E-state index in [-0.39, 0.29) is 5.91 Å². The Morgan fingerprint density at radius 2 is 2.09 bits per heavy atom. The molecule has 2 heterocycles. The molecule has 22 heavy (non-hydrogen) atoms. The number of hydrogen-bond donors (Lipinski definition) is 2. The summed E-state index contributed by atoms with van der Waals surface area (Å²) in [4.78, 5) is 15.7. The molecular formula is C17H25N3O2. The summed E-state index contributed by atoms with van der Waals surface area (Å²) in [6.07, 6.45) is 3.35. The smallest absolute Gasteiger partial charge is 0.229 e. The summed E-state index contributed by atoms with van der Waals surface area (Å²) in [7, 11) is 1.64. The van der Waals surface area contributed by atoms with Crippen molar-refractivity contribution in [3.8, 4) is 0 Å². The number of anilines is 1. The highest BCUT2D eigenvalue weighted by molar-refractivity contribution is 5.81. The van der Waals surface area contributed by atoms with Crippen LogP contribution in [0.5, 0.6) is 0 Å². The predicted molar refractivity (Wildman–Crippen MR) is 86.7 cm³/mol. The molecule has 120 valence electrons. The van der Waals surface area contributed by atoms with Crippen LogP contribution in [0.4, 0.5) is 5.69 Å². The monoisotopic (exact) mass is 303 g/mol. The highest BCUT2D eigenvalue weighted by Gasteiger charge is 2.28. The summed E-state index contributed by atoms with van der Waals surface area (Å²) in [5.41, 5.74) is 2.80. The van der Waals surface area contributed by atoms with Crippen LogP contribution in [0, 0.1) is 0 Å². The Morgan fingerprint density at radius 1 is 1.32 bits per heavy atom. The number of aliphatic hydroxyl groups is 1. The number of aliphatic hydroxyl groups excluding tert-OH is 1. The Morgan fingerprint density at radius 3 is 2.86 bits per heavy atom. The zero-order chi connectivity index (χ0) is 15.5. The number of carbonyl (C=O) groups excluding carboxylic acids is 1. The summed E-state index contributed by atoms with van der Waals surface area (Å²) in [5, 5.41) is 13.5. The molecule has 0 aromatic heterocycles. The van der Waals surface area contributed by atoms with E-state index in [9.17, 15) is 9.90 Å². The van der Waals surface area contributed by atoms with Crippen LogP contribution in [0.25, 0.3) is 0 Å². The quantitative estimate of drug-likeness (QED) is 0.811. The molecule has 1 aromatic rings. The zero-order valence-electron chi connectivity index (χ0n) is 13.2. The number of carbonyl (C=O) groups is 1. The van der Waals surface area contributed by atoms with Gasteiger partial charge in [0.2, 0.25) is 5.91 Å². The summed E-state index contributed by atoms with van der Waals surface area (Å²) in [5.74, 6) is -0.0359. The van der Waals surface area contributed by atoms with Crippen molar-refractivity contribution >= 4 is 11.6 Å². The maximum absolute atomic E-state index is 11.8. The maximum atomic E-state index is 11.8. The number of fused-ring (bicyclic) bond motifs is 1. The second kappa shape index (κ2) is 6.67. The molecular weight excluding hydrogens is 278 g/mol. The van der Waals surface area contributed by atoms with Gasteiger partial charge in [-0.1, -0.05) is 6.07 Å². The van der Waals surface area contributed by atoms with Crippen molar-refractivity contribution in [1.29, 1.82) is 0 Å². The number of likely N-dealkylation sites (tertiary alicyclic amines) is 1. The van der Waals surface area contributed by atoms with Gasteiger partial charge in [-0.25, -0.2) is 0 Å². The average molecular weight is 303 g/mol. The van der Waals surface area contributed by atoms with Crippen LogP contribution >= 0.6 is 0 Å². The molecule has 1 atom stereocenters. The first-order chi connectivity index (χ1) is 10.6. The lowest BCUT2D eigenvalue weighted by Crippen LogP contribution is -2.37. The van der Waals surface area contributed by atoms with E-state index in [0.29, 0.717) is 6.42 Å². The van der Waals surface area contributed by atoms with Crippen LogP contribution in [-0.2, 0) is 11.2 Å². The molecule has 1 saturated heterocycles. The van der Waals surface area contributed by atoms with Crippen molar-refractivity contribution < 1.29 is 9.90 Å². The van der Waals surface area contributed by atoms with Crippen molar-refractivity contribution in [1.82, 2.24) is 9.80 Å². The van der Waals surface area contributed by atoms with E-state index in [4.69, 9.17) is 0 Å². The summed E-state index contributed by atoms with van der Waals surface area (Å²) in [6.45, 7) is 4.57. The van der Waals surface area contributed by atoms with Crippen LogP contribution in [0.3, 0.4) is 0 Å². The first kappa shape index (κ1) is 15.3. The standard InChI is InChI=1S/C17H25N3O2/c1-19-16(21)12-13-11-14(5-6-15(13)17(19)22)18-7-4-10-20-8-2-3-9-20/h5-6,11,17-18,22H,2-4,7-10,12H2,1H3. The Hall–Kier alpha value is -1.59. The van der Waals surface area contributed by atoms with E-state index in [1.807, 2.05) is 18.2 Å². The molecule has 2 aliphatic heterocycles. The van der Waals surface area contributed by atoms with Crippen molar-refractivity contribution in [2.75, 3.05) is 38.5 Å². The normalized spacial score (nSPS) is 22.0. The Kier molecular flexibility index (Phi) is 4.64. The van der Waals surface area contributed by atoms with Gasteiger partial charge in [-0.05, 0) is 56.6 Å². The van der Waals surface area contributed by atoms with Crippen molar-refractivity contribution in [2.24, 2.45) is 0 Å². The summed E-state index contributed by atoms with van der Waals surface area (Å²) in [6, 6.07) is 5.91. The fourth-order valence-electron chi connectivity index (χ4n) is 3.29. The number of amides is 1. The van der Waals surface area contributed by atoms with Gasteiger partial charge in [0.05, 0.1) is 6.42 Å². The van der Waals surface area contributed by atoms with Crippen molar-refractivity contribution in [3.05, 3.63) is 29.3 Å². The molecule has 0 bridgehead atoms. The number of rotatable bonds is 5. The molecule has 1 aromatic carbocycles. The van der Waals surface area contributed by atoms with E-state index in [2.05, 4.69) is 10.2 Å². The summed E-state index contributed by atoms with van der Waals surface area (Å²) < 4.78 is 0. The average Bonchev–Trinajstić information content (AvgIpc) is 3.02. The Balaban J connectivity index is 1.54. The van der Waals surface area contributed by atoms with Gasteiger partial charge in [0, 0.05) is 24.8 Å². The minimum absolute atomic E-state index is 0.0359. The molecule has 0 radical (unpaired) electrons. The van der Waals surface area contributed by atoms with Crippen molar-refractivity contribution in [2.45, 2.75) is 31.9 Å². The van der Waals surface area contributed by atoms with Crippen molar-refractivity contribution in [3.63, 3.8) is 0 Å². The van der Waals surface area contributed by atoms with Crippen LogP contribution in [0.15, 0.2) is 18.2 Å². The second-order valence-electron chi connectivity index (χ2n) is 6.30. The largest absolute Gasteiger partial charge is 0.385 e. The molecule has 1 unspecified atom stereocenters. The van der Waals surface area contributed by atoms with E-state index in [1.54, 1.807) is 7.05 Å². The van der Waals surface area contributed by atoms with Crippen LogP contribution < -0.4 is 5.32 Å². The SMILES string of the molecule is CN1C(=O)Cc2cc(NCCCN3CCCC3)ccc2C1O. The van der Waals surface area contributed by atoms with Crippen LogP contribution in [-0.4, -0.2) is 54.0 Å². The van der Waals surface area contributed by atoms with Gasteiger partial charge in [0.15, 0.2) is 6.23 Å². The number of nitrogens with zero attached hydrogens (tertiary/aromatic N) is 2. The van der Waals surface area contributed by atoms with E-state index >= 15 is 0 Å². The van der Waals surface area contributed by atoms with Gasteiger partial charge in [-0.3, -0.25) is 4.79 Å². The molecule has 5 nitrogen and oxygen atoms in total. The molecule has 0 aliphatic carbocycles. The van der Waals surface area contributed by atoms with E-state index < -0.39 is 6.23 Å². The first-order valence-corrected chi connectivity index (χ1v) is 8.18. The fourth-order valence-corrected chi connectivity index (χ4v) is 3.29. The zero-order valence-corrected chi connectivity index (χ0v) is 13.2. The molecule has 0 spiro atoms. The minimum Gasteiger partial charge on any atom is -0.385 e.